The largest absolute Gasteiger partial charge is 0.310 e. The number of para-hydroxylation sites is 1. The van der Waals surface area contributed by atoms with Crippen molar-refractivity contribution in [1.82, 2.24) is 9.88 Å². The Hall–Kier alpha value is -4.22. The van der Waals surface area contributed by atoms with Gasteiger partial charge in [0.2, 0.25) is 5.96 Å². The van der Waals surface area contributed by atoms with Crippen molar-refractivity contribution in [1.29, 1.82) is 0 Å². The SMILES string of the molecule is c1ccc(C2=NC(c3ccccc3)N=C(n3c4ccccc4c4c5sccc5ccc43)N2)cc1. The number of amidine groups is 1. The summed E-state index contributed by atoms with van der Waals surface area (Å²) in [6, 6.07) is 35.7. The number of nitrogens with one attached hydrogen (secondary N) is 1. The van der Waals surface area contributed by atoms with Crippen LogP contribution in [0, 0.1) is 0 Å². The second-order valence-electron chi connectivity index (χ2n) is 8.36. The molecule has 34 heavy (non-hydrogen) atoms. The fourth-order valence-electron chi connectivity index (χ4n) is 4.77. The van der Waals surface area contributed by atoms with Crippen molar-refractivity contribution < 1.29 is 0 Å². The molecule has 0 bridgehead atoms. The molecule has 1 aliphatic rings. The predicted molar refractivity (Wildman–Crippen MR) is 143 cm³/mol. The molecule has 5 heteroatoms. The average molecular weight is 457 g/mol. The Kier molecular flexibility index (Phi) is 4.35. The van der Waals surface area contributed by atoms with Crippen LogP contribution in [0.15, 0.2) is 118 Å². The van der Waals surface area contributed by atoms with E-state index in [1.807, 2.05) is 36.4 Å². The van der Waals surface area contributed by atoms with E-state index in [1.54, 1.807) is 11.3 Å². The van der Waals surface area contributed by atoms with Gasteiger partial charge in [-0.05, 0) is 34.5 Å². The highest BCUT2D eigenvalue weighted by Gasteiger charge is 2.24. The van der Waals surface area contributed by atoms with Crippen LogP contribution in [-0.2, 0) is 0 Å². The Morgan fingerprint density at radius 2 is 1.47 bits per heavy atom. The highest BCUT2D eigenvalue weighted by Crippen LogP contribution is 2.37. The number of aliphatic imine (C=N–C) groups is 2. The Labute approximate surface area is 200 Å². The van der Waals surface area contributed by atoms with E-state index >= 15 is 0 Å². The lowest BCUT2D eigenvalue weighted by molar-refractivity contribution is 0.745. The number of hydrogen-bond acceptors (Lipinski definition) is 4. The van der Waals surface area contributed by atoms with Crippen LogP contribution in [0.1, 0.15) is 17.3 Å². The number of fused-ring (bicyclic) bond motifs is 5. The number of rotatable bonds is 2. The van der Waals surface area contributed by atoms with Gasteiger partial charge in [0, 0.05) is 21.0 Å². The molecule has 2 aromatic heterocycles. The van der Waals surface area contributed by atoms with Crippen LogP contribution in [0.3, 0.4) is 0 Å². The monoisotopic (exact) mass is 456 g/mol. The molecule has 6 aromatic rings. The fourth-order valence-corrected chi connectivity index (χ4v) is 5.73. The number of benzene rings is 4. The maximum atomic E-state index is 5.12. The summed E-state index contributed by atoms with van der Waals surface area (Å²) in [6.45, 7) is 0. The van der Waals surface area contributed by atoms with Gasteiger partial charge < -0.3 is 5.32 Å². The third kappa shape index (κ3) is 2.98. The van der Waals surface area contributed by atoms with Gasteiger partial charge in [0.05, 0.1) is 11.0 Å². The summed E-state index contributed by atoms with van der Waals surface area (Å²) in [4.78, 5) is 10.1. The lowest BCUT2D eigenvalue weighted by atomic mass is 10.1. The molecule has 162 valence electrons. The highest BCUT2D eigenvalue weighted by atomic mass is 32.1. The van der Waals surface area contributed by atoms with Gasteiger partial charge in [0.15, 0.2) is 6.17 Å². The predicted octanol–water partition coefficient (Wildman–Crippen LogP) is 6.96. The Morgan fingerprint density at radius 3 is 2.32 bits per heavy atom. The summed E-state index contributed by atoms with van der Waals surface area (Å²) < 4.78 is 3.55. The van der Waals surface area contributed by atoms with E-state index in [1.165, 1.54) is 20.9 Å². The minimum absolute atomic E-state index is 0.325. The first-order valence-corrected chi connectivity index (χ1v) is 12.2. The standard InChI is InChI=1S/C29H20N4S/c1-3-9-20(10-4-1)27-30-28(21-11-5-2-6-12-21)32-29(31-27)33-23-14-8-7-13-22(23)25-24(33)16-15-19-17-18-34-26(19)25/h1-18,27H,(H,30,31,32). The molecule has 0 amide bonds. The van der Waals surface area contributed by atoms with E-state index in [0.29, 0.717) is 0 Å². The van der Waals surface area contributed by atoms with Crippen LogP contribution in [0.5, 0.6) is 0 Å². The van der Waals surface area contributed by atoms with Crippen LogP contribution in [0.25, 0.3) is 31.9 Å². The summed E-state index contributed by atoms with van der Waals surface area (Å²) in [6.07, 6.45) is -0.325. The molecule has 1 unspecified atom stereocenters. The van der Waals surface area contributed by atoms with Gasteiger partial charge in [0.25, 0.3) is 0 Å². The van der Waals surface area contributed by atoms with Crippen molar-refractivity contribution in [3.63, 3.8) is 0 Å². The molecule has 0 saturated heterocycles. The summed E-state index contributed by atoms with van der Waals surface area (Å²) in [5.74, 6) is 1.60. The highest BCUT2D eigenvalue weighted by molar-refractivity contribution is 7.18. The lowest BCUT2D eigenvalue weighted by Crippen LogP contribution is -2.39. The smallest absolute Gasteiger partial charge is 0.211 e. The first-order chi connectivity index (χ1) is 16.9. The second kappa shape index (κ2) is 7.68. The fraction of sp³-hybridized carbons (Fsp3) is 0.0345. The maximum Gasteiger partial charge on any atom is 0.211 e. The van der Waals surface area contributed by atoms with Gasteiger partial charge in [-0.25, -0.2) is 9.98 Å². The summed E-state index contributed by atoms with van der Waals surface area (Å²) in [5, 5.41) is 9.50. The summed E-state index contributed by atoms with van der Waals surface area (Å²) in [5.41, 5.74) is 4.38. The van der Waals surface area contributed by atoms with E-state index in [0.717, 1.165) is 34.0 Å². The van der Waals surface area contributed by atoms with Crippen molar-refractivity contribution in [2.24, 2.45) is 9.98 Å². The molecule has 0 aliphatic carbocycles. The van der Waals surface area contributed by atoms with E-state index < -0.39 is 0 Å². The summed E-state index contributed by atoms with van der Waals surface area (Å²) >= 11 is 1.79. The van der Waals surface area contributed by atoms with E-state index in [4.69, 9.17) is 9.98 Å². The van der Waals surface area contributed by atoms with Crippen molar-refractivity contribution in [2.45, 2.75) is 6.17 Å². The molecule has 1 atom stereocenters. The number of aromatic nitrogens is 1. The van der Waals surface area contributed by atoms with Gasteiger partial charge in [-0.2, -0.15) is 0 Å². The van der Waals surface area contributed by atoms with Crippen molar-refractivity contribution >= 4 is 55.0 Å². The Bertz CT molecular complexity index is 1730. The minimum Gasteiger partial charge on any atom is -0.310 e. The molecule has 1 aliphatic heterocycles. The van der Waals surface area contributed by atoms with Crippen molar-refractivity contribution in [3.8, 4) is 0 Å². The van der Waals surface area contributed by atoms with Gasteiger partial charge in [0.1, 0.15) is 5.84 Å². The first kappa shape index (κ1) is 19.3. The van der Waals surface area contributed by atoms with Crippen LogP contribution in [0.2, 0.25) is 0 Å². The van der Waals surface area contributed by atoms with Crippen LogP contribution < -0.4 is 5.32 Å². The number of hydrogen-bond donors (Lipinski definition) is 1. The molecule has 1 N–H and O–H groups in total. The third-order valence-electron chi connectivity index (χ3n) is 6.34. The molecule has 0 fully saturated rings. The zero-order valence-corrected chi connectivity index (χ0v) is 19.0. The van der Waals surface area contributed by atoms with Crippen LogP contribution in [0.4, 0.5) is 0 Å². The van der Waals surface area contributed by atoms with Crippen LogP contribution >= 0.6 is 11.3 Å². The lowest BCUT2D eigenvalue weighted by Gasteiger charge is -2.23. The first-order valence-electron chi connectivity index (χ1n) is 11.3. The average Bonchev–Trinajstić information content (AvgIpc) is 3.52. The molecule has 4 aromatic carbocycles. The van der Waals surface area contributed by atoms with E-state index in [9.17, 15) is 0 Å². The zero-order valence-electron chi connectivity index (χ0n) is 18.2. The van der Waals surface area contributed by atoms with E-state index in [-0.39, 0.29) is 6.17 Å². The molecule has 3 heterocycles. The molecular weight excluding hydrogens is 436 g/mol. The third-order valence-corrected chi connectivity index (χ3v) is 7.29. The van der Waals surface area contributed by atoms with Crippen molar-refractivity contribution in [3.05, 3.63) is 120 Å². The Balaban J connectivity index is 1.50. The van der Waals surface area contributed by atoms with Gasteiger partial charge in [-0.1, -0.05) is 84.9 Å². The molecular formula is C29H20N4S. The minimum atomic E-state index is -0.325. The zero-order chi connectivity index (χ0) is 22.5. The van der Waals surface area contributed by atoms with Gasteiger partial charge in [-0.15, -0.1) is 11.3 Å². The topological polar surface area (TPSA) is 41.7 Å². The second-order valence-corrected chi connectivity index (χ2v) is 9.27. The molecule has 0 saturated carbocycles. The van der Waals surface area contributed by atoms with Crippen molar-refractivity contribution in [2.75, 3.05) is 0 Å². The number of thiophene rings is 1. The quantitative estimate of drug-likeness (QED) is 0.301. The van der Waals surface area contributed by atoms with Gasteiger partial charge in [-0.3, -0.25) is 4.57 Å². The summed E-state index contributed by atoms with van der Waals surface area (Å²) in [7, 11) is 0. The van der Waals surface area contributed by atoms with Crippen LogP contribution in [-0.4, -0.2) is 16.4 Å². The number of nitrogens with zero attached hydrogens (tertiary/aromatic N) is 3. The van der Waals surface area contributed by atoms with E-state index in [2.05, 4.69) is 82.0 Å². The van der Waals surface area contributed by atoms with Gasteiger partial charge >= 0.3 is 0 Å². The Morgan fingerprint density at radius 1 is 0.706 bits per heavy atom. The molecule has 0 spiro atoms. The normalized spacial score (nSPS) is 15.9. The molecule has 0 radical (unpaired) electrons. The molecule has 4 nitrogen and oxygen atoms in total. The maximum absolute atomic E-state index is 5.12. The molecule has 7 rings (SSSR count).